The van der Waals surface area contributed by atoms with Crippen molar-refractivity contribution in [3.05, 3.63) is 76.4 Å². The van der Waals surface area contributed by atoms with Crippen LogP contribution in [0.1, 0.15) is 35.0 Å². The maximum atomic E-state index is 13.6. The second-order valence-electron chi connectivity index (χ2n) is 8.17. The molecule has 0 spiro atoms. The average molecular weight is 445 g/mol. The minimum Gasteiger partial charge on any atom is -0.393 e. The zero-order chi connectivity index (χ0) is 22.9. The summed E-state index contributed by atoms with van der Waals surface area (Å²) in [6.07, 6.45) is 1.16. The molecular formula is C24H29FN2O3S. The highest BCUT2D eigenvalue weighted by Crippen LogP contribution is 2.27. The van der Waals surface area contributed by atoms with Crippen molar-refractivity contribution in [3.63, 3.8) is 0 Å². The number of aromatic nitrogens is 1. The van der Waals surface area contributed by atoms with Gasteiger partial charge in [0.15, 0.2) is 9.84 Å². The van der Waals surface area contributed by atoms with Crippen molar-refractivity contribution in [2.45, 2.75) is 51.7 Å². The molecule has 1 atom stereocenters. The van der Waals surface area contributed by atoms with E-state index in [-0.39, 0.29) is 5.82 Å². The summed E-state index contributed by atoms with van der Waals surface area (Å²) in [5.74, 6) is -0.280. The fourth-order valence-electron chi connectivity index (χ4n) is 3.94. The number of hydrogen-bond donors (Lipinski definition) is 2. The molecule has 166 valence electrons. The summed E-state index contributed by atoms with van der Waals surface area (Å²) in [4.78, 5) is 0.325. The summed E-state index contributed by atoms with van der Waals surface area (Å²) in [6.45, 7) is 7.93. The van der Waals surface area contributed by atoms with E-state index in [0.717, 1.165) is 33.9 Å². The van der Waals surface area contributed by atoms with Crippen molar-refractivity contribution < 1.29 is 17.9 Å². The highest BCUT2D eigenvalue weighted by molar-refractivity contribution is 7.90. The molecule has 0 saturated heterocycles. The van der Waals surface area contributed by atoms with Gasteiger partial charge in [0, 0.05) is 42.0 Å². The Kier molecular flexibility index (Phi) is 6.57. The monoisotopic (exact) mass is 444 g/mol. The molecule has 1 aromatic heterocycles. The summed E-state index contributed by atoms with van der Waals surface area (Å²) in [5, 5.41) is 13.3. The lowest BCUT2D eigenvalue weighted by Gasteiger charge is -2.16. The van der Waals surface area contributed by atoms with E-state index in [1.54, 1.807) is 32.0 Å². The first-order chi connectivity index (χ1) is 14.5. The van der Waals surface area contributed by atoms with Crippen LogP contribution in [0, 0.1) is 26.6 Å². The van der Waals surface area contributed by atoms with E-state index < -0.39 is 15.9 Å². The van der Waals surface area contributed by atoms with Crippen molar-refractivity contribution in [3.8, 4) is 5.69 Å². The van der Waals surface area contributed by atoms with Crippen molar-refractivity contribution >= 4 is 15.5 Å². The van der Waals surface area contributed by atoms with E-state index in [2.05, 4.69) is 16.0 Å². The lowest BCUT2D eigenvalue weighted by molar-refractivity contribution is 0.193. The van der Waals surface area contributed by atoms with Crippen LogP contribution in [0.25, 0.3) is 5.69 Å². The first-order valence-electron chi connectivity index (χ1n) is 10.2. The van der Waals surface area contributed by atoms with Gasteiger partial charge in [-0.1, -0.05) is 0 Å². The van der Waals surface area contributed by atoms with E-state index in [0.29, 0.717) is 23.4 Å². The number of aliphatic hydroxyl groups excluding tert-OH is 1. The summed E-state index contributed by atoms with van der Waals surface area (Å²) in [7, 11) is -3.26. The van der Waals surface area contributed by atoms with E-state index >= 15 is 0 Å². The van der Waals surface area contributed by atoms with Crippen LogP contribution in [-0.2, 0) is 22.8 Å². The minimum atomic E-state index is -3.26. The zero-order valence-electron chi connectivity index (χ0n) is 18.5. The molecule has 0 aliphatic carbocycles. The largest absolute Gasteiger partial charge is 0.393 e. The first kappa shape index (κ1) is 23.0. The number of benzene rings is 2. The highest BCUT2D eigenvalue weighted by Gasteiger charge is 2.17. The Bertz CT molecular complexity index is 1210. The van der Waals surface area contributed by atoms with Gasteiger partial charge in [-0.05, 0) is 86.8 Å². The van der Waals surface area contributed by atoms with Crippen LogP contribution in [0.4, 0.5) is 10.1 Å². The highest BCUT2D eigenvalue weighted by atomic mass is 32.2. The predicted octanol–water partition coefficient (Wildman–Crippen LogP) is 4.48. The molecule has 0 fully saturated rings. The molecule has 31 heavy (non-hydrogen) atoms. The molecule has 0 saturated carbocycles. The van der Waals surface area contributed by atoms with Crippen LogP contribution >= 0.6 is 0 Å². The fraction of sp³-hybridized carbons (Fsp3) is 0.333. The third-order valence-electron chi connectivity index (χ3n) is 5.39. The number of halogens is 1. The molecule has 1 heterocycles. The van der Waals surface area contributed by atoms with Gasteiger partial charge in [-0.25, -0.2) is 12.8 Å². The first-order valence-corrected chi connectivity index (χ1v) is 12.1. The van der Waals surface area contributed by atoms with Crippen LogP contribution < -0.4 is 5.32 Å². The Morgan fingerprint density at radius 3 is 2.35 bits per heavy atom. The van der Waals surface area contributed by atoms with Gasteiger partial charge < -0.3 is 15.0 Å². The minimum absolute atomic E-state index is 0.280. The molecule has 0 aliphatic heterocycles. The lowest BCUT2D eigenvalue weighted by atomic mass is 10.1. The van der Waals surface area contributed by atoms with Crippen LogP contribution in [0.15, 0.2) is 47.4 Å². The Morgan fingerprint density at radius 2 is 1.77 bits per heavy atom. The lowest BCUT2D eigenvalue weighted by Crippen LogP contribution is -2.11. The number of nitrogens with one attached hydrogen (secondary N) is 1. The average Bonchev–Trinajstić information content (AvgIpc) is 2.94. The Balaban J connectivity index is 1.94. The number of anilines is 1. The van der Waals surface area contributed by atoms with Crippen molar-refractivity contribution in [2.75, 3.05) is 11.6 Å². The van der Waals surface area contributed by atoms with Crippen LogP contribution in [0.3, 0.4) is 0 Å². The second-order valence-corrected chi connectivity index (χ2v) is 10.2. The summed E-state index contributed by atoms with van der Waals surface area (Å²) in [5.41, 5.74) is 6.21. The number of hydrogen-bond acceptors (Lipinski definition) is 4. The van der Waals surface area contributed by atoms with Crippen LogP contribution in [0.5, 0.6) is 0 Å². The van der Waals surface area contributed by atoms with Gasteiger partial charge in [-0.3, -0.25) is 0 Å². The number of sulfone groups is 1. The van der Waals surface area contributed by atoms with Gasteiger partial charge >= 0.3 is 0 Å². The maximum absolute atomic E-state index is 13.6. The molecule has 0 aliphatic rings. The Hall–Kier alpha value is -2.64. The van der Waals surface area contributed by atoms with Gasteiger partial charge in [0.2, 0.25) is 0 Å². The molecule has 5 nitrogen and oxygen atoms in total. The van der Waals surface area contributed by atoms with E-state index in [4.69, 9.17) is 0 Å². The van der Waals surface area contributed by atoms with E-state index in [1.165, 1.54) is 18.4 Å². The summed E-state index contributed by atoms with van der Waals surface area (Å²) in [6, 6.07) is 12.0. The summed E-state index contributed by atoms with van der Waals surface area (Å²) < 4.78 is 39.4. The van der Waals surface area contributed by atoms with E-state index in [1.807, 2.05) is 19.9 Å². The quantitative estimate of drug-likeness (QED) is 0.564. The topological polar surface area (TPSA) is 71.3 Å². The van der Waals surface area contributed by atoms with Crippen molar-refractivity contribution in [2.24, 2.45) is 0 Å². The molecule has 7 heteroatoms. The van der Waals surface area contributed by atoms with Crippen LogP contribution in [-0.4, -0.2) is 30.5 Å². The van der Waals surface area contributed by atoms with Gasteiger partial charge in [-0.15, -0.1) is 0 Å². The molecule has 0 radical (unpaired) electrons. The molecule has 1 unspecified atom stereocenters. The van der Waals surface area contributed by atoms with Gasteiger partial charge in [0.05, 0.1) is 11.0 Å². The zero-order valence-corrected chi connectivity index (χ0v) is 19.3. The standard InChI is InChI=1S/C24H29FN2O3S/c1-15-10-20(25)6-8-23(15)27-18(4)19(13-22(27)12-17(3)28)14-26-21-7-9-24(16(2)11-21)31(5,29)30/h6-11,13,17,26,28H,12,14H2,1-5H3. The normalized spacial score (nSPS) is 12.7. The molecule has 2 N–H and O–H groups in total. The molecule has 3 rings (SSSR count). The molecule has 2 aromatic carbocycles. The predicted molar refractivity (Wildman–Crippen MR) is 122 cm³/mol. The van der Waals surface area contributed by atoms with Crippen molar-refractivity contribution in [1.82, 2.24) is 4.57 Å². The van der Waals surface area contributed by atoms with Crippen molar-refractivity contribution in [1.29, 1.82) is 0 Å². The molecule has 3 aromatic rings. The number of aryl methyl sites for hydroxylation is 2. The Morgan fingerprint density at radius 1 is 1.06 bits per heavy atom. The second kappa shape index (κ2) is 8.85. The fourth-order valence-corrected chi connectivity index (χ4v) is 4.90. The SMILES string of the molecule is Cc1cc(F)ccc1-n1c(CC(C)O)cc(CNc2ccc(S(C)(=O)=O)c(C)c2)c1C. The molecular weight excluding hydrogens is 415 g/mol. The maximum Gasteiger partial charge on any atom is 0.175 e. The van der Waals surface area contributed by atoms with E-state index in [9.17, 15) is 17.9 Å². The van der Waals surface area contributed by atoms with Gasteiger partial charge in [0.1, 0.15) is 5.82 Å². The molecule has 0 amide bonds. The van der Waals surface area contributed by atoms with Gasteiger partial charge in [-0.2, -0.15) is 0 Å². The van der Waals surface area contributed by atoms with Gasteiger partial charge in [0.25, 0.3) is 0 Å². The third kappa shape index (κ3) is 5.17. The smallest absolute Gasteiger partial charge is 0.175 e. The third-order valence-corrected chi connectivity index (χ3v) is 6.65. The number of rotatable bonds is 7. The number of aliphatic hydroxyl groups is 1. The van der Waals surface area contributed by atoms with Crippen LogP contribution in [0.2, 0.25) is 0 Å². The molecule has 0 bridgehead atoms. The summed E-state index contributed by atoms with van der Waals surface area (Å²) >= 11 is 0. The number of nitrogens with zero attached hydrogens (tertiary/aromatic N) is 1. The Labute approximate surface area is 183 Å².